The van der Waals surface area contributed by atoms with Crippen LogP contribution in [0.4, 0.5) is 0 Å². The molecule has 2 aromatic carbocycles. The molecule has 0 aliphatic heterocycles. The quantitative estimate of drug-likeness (QED) is 0.625. The van der Waals surface area contributed by atoms with Crippen molar-refractivity contribution in [1.82, 2.24) is 0 Å². The summed E-state index contributed by atoms with van der Waals surface area (Å²) < 4.78 is 1.31. The summed E-state index contributed by atoms with van der Waals surface area (Å²) in [5.74, 6) is 0. The summed E-state index contributed by atoms with van der Waals surface area (Å²) in [6, 6.07) is 14.6. The Bertz CT molecular complexity index is 508. The van der Waals surface area contributed by atoms with Crippen molar-refractivity contribution in [1.29, 1.82) is 0 Å². The zero-order valence-electron chi connectivity index (χ0n) is 9.41. The lowest BCUT2D eigenvalue weighted by molar-refractivity contribution is 1.12. The van der Waals surface area contributed by atoms with Crippen LogP contribution in [0.25, 0.3) is 0 Å². The Morgan fingerprint density at radius 3 is 2.41 bits per heavy atom. The molecule has 17 heavy (non-hydrogen) atoms. The smallest absolute Gasteiger partial charge is 0.0406 e. The highest BCUT2D eigenvalue weighted by atomic mass is 127. The van der Waals surface area contributed by atoms with Gasteiger partial charge < -0.3 is 0 Å². The maximum Gasteiger partial charge on any atom is 0.0406 e. The van der Waals surface area contributed by atoms with Gasteiger partial charge in [-0.1, -0.05) is 36.4 Å². The van der Waals surface area contributed by atoms with Gasteiger partial charge in [0.2, 0.25) is 0 Å². The predicted octanol–water partition coefficient (Wildman–Crippen LogP) is 5.66. The van der Waals surface area contributed by atoms with Crippen LogP contribution < -0.4 is 0 Å². The molecule has 0 aliphatic rings. The van der Waals surface area contributed by atoms with E-state index >= 15 is 0 Å². The van der Waals surface area contributed by atoms with E-state index in [0.717, 1.165) is 11.4 Å². The monoisotopic (exact) mass is 374 g/mol. The predicted molar refractivity (Wildman–Crippen MR) is 84.1 cm³/mol. The van der Waals surface area contributed by atoms with Crippen molar-refractivity contribution in [3.63, 3.8) is 0 Å². The molecule has 2 aromatic rings. The molecule has 0 aliphatic carbocycles. The number of halogens is 2. The highest BCUT2D eigenvalue weighted by Crippen LogP contribution is 2.32. The van der Waals surface area contributed by atoms with Crippen LogP contribution >= 0.6 is 46.0 Å². The molecule has 0 N–H and O–H groups in total. The third kappa shape index (κ3) is 3.63. The summed E-state index contributed by atoms with van der Waals surface area (Å²) in [6.45, 7) is 2.18. The first-order valence-electron chi connectivity index (χ1n) is 5.41. The van der Waals surface area contributed by atoms with Crippen LogP contribution in [-0.2, 0) is 6.42 Å². The summed E-state index contributed by atoms with van der Waals surface area (Å²) in [5, 5.41) is 0.783. The molecule has 0 amide bonds. The number of benzene rings is 2. The molecular weight excluding hydrogens is 363 g/mol. The van der Waals surface area contributed by atoms with Crippen LogP contribution in [-0.4, -0.2) is 0 Å². The molecule has 0 nitrogen and oxygen atoms in total. The molecule has 0 heterocycles. The van der Waals surface area contributed by atoms with Gasteiger partial charge in [-0.15, -0.1) is 0 Å². The van der Waals surface area contributed by atoms with E-state index < -0.39 is 0 Å². The lowest BCUT2D eigenvalue weighted by Gasteiger charge is -2.06. The average Bonchev–Trinajstić information content (AvgIpc) is 2.34. The topological polar surface area (TPSA) is 0 Å². The molecule has 0 spiro atoms. The van der Waals surface area contributed by atoms with Gasteiger partial charge >= 0.3 is 0 Å². The minimum Gasteiger partial charge on any atom is -0.0890 e. The summed E-state index contributed by atoms with van der Waals surface area (Å²) in [6.07, 6.45) is 1.09. The molecule has 2 rings (SSSR count). The van der Waals surface area contributed by atoms with Crippen molar-refractivity contribution in [2.75, 3.05) is 0 Å². The fraction of sp³-hybridized carbons (Fsp3) is 0.143. The Labute approximate surface area is 125 Å². The van der Waals surface area contributed by atoms with E-state index in [9.17, 15) is 0 Å². The Kier molecular flexibility index (Phi) is 4.77. The van der Waals surface area contributed by atoms with Crippen LogP contribution in [0.15, 0.2) is 52.3 Å². The van der Waals surface area contributed by atoms with Crippen molar-refractivity contribution >= 4 is 46.0 Å². The Balaban J connectivity index is 2.21. The third-order valence-electron chi connectivity index (χ3n) is 2.45. The van der Waals surface area contributed by atoms with E-state index in [-0.39, 0.29) is 0 Å². The van der Waals surface area contributed by atoms with Crippen LogP contribution in [0.2, 0.25) is 5.02 Å². The van der Waals surface area contributed by atoms with E-state index in [1.165, 1.54) is 18.9 Å². The van der Waals surface area contributed by atoms with Gasteiger partial charge in [0.1, 0.15) is 0 Å². The van der Waals surface area contributed by atoms with Crippen molar-refractivity contribution in [3.05, 3.63) is 56.6 Å². The maximum absolute atomic E-state index is 5.87. The maximum atomic E-state index is 5.87. The zero-order valence-corrected chi connectivity index (χ0v) is 13.1. The highest BCUT2D eigenvalue weighted by Gasteiger charge is 2.03. The molecule has 0 aromatic heterocycles. The normalized spacial score (nSPS) is 10.5. The zero-order chi connectivity index (χ0) is 12.3. The van der Waals surface area contributed by atoms with E-state index in [0.29, 0.717) is 0 Å². The summed E-state index contributed by atoms with van der Waals surface area (Å²) >= 11 is 10.0. The average molecular weight is 375 g/mol. The van der Waals surface area contributed by atoms with Gasteiger partial charge in [-0.2, -0.15) is 0 Å². The summed E-state index contributed by atoms with van der Waals surface area (Å²) in [4.78, 5) is 2.52. The van der Waals surface area contributed by atoms with E-state index in [4.69, 9.17) is 11.6 Å². The van der Waals surface area contributed by atoms with E-state index in [2.05, 4.69) is 59.8 Å². The molecule has 3 heteroatoms. The minimum atomic E-state index is 0.783. The van der Waals surface area contributed by atoms with E-state index in [1.54, 1.807) is 11.8 Å². The van der Waals surface area contributed by atoms with Gasteiger partial charge in [0, 0.05) is 18.4 Å². The van der Waals surface area contributed by atoms with Crippen LogP contribution in [0.1, 0.15) is 12.5 Å². The van der Waals surface area contributed by atoms with Crippen molar-refractivity contribution < 1.29 is 0 Å². The molecule has 0 unspecified atom stereocenters. The first-order chi connectivity index (χ1) is 8.19. The standard InChI is InChI=1S/C14H12ClIS/c1-2-10-3-8-14(13(16)9-10)17-12-6-4-11(15)5-7-12/h3-9H,2H2,1H3. The summed E-state index contributed by atoms with van der Waals surface area (Å²) in [5.41, 5.74) is 1.38. The Morgan fingerprint density at radius 2 is 1.82 bits per heavy atom. The summed E-state index contributed by atoms with van der Waals surface area (Å²) in [7, 11) is 0. The lowest BCUT2D eigenvalue weighted by atomic mass is 10.2. The fourth-order valence-corrected chi connectivity index (χ4v) is 3.33. The van der Waals surface area contributed by atoms with Gasteiger partial charge in [0.15, 0.2) is 0 Å². The van der Waals surface area contributed by atoms with Crippen molar-refractivity contribution in [2.24, 2.45) is 0 Å². The van der Waals surface area contributed by atoms with Crippen LogP contribution in [0.5, 0.6) is 0 Å². The van der Waals surface area contributed by atoms with Crippen molar-refractivity contribution in [3.8, 4) is 0 Å². The molecule has 0 radical (unpaired) electrons. The lowest BCUT2D eigenvalue weighted by Crippen LogP contribution is -1.84. The van der Waals surface area contributed by atoms with Gasteiger partial charge in [0.25, 0.3) is 0 Å². The largest absolute Gasteiger partial charge is 0.0890 e. The molecule has 0 atom stereocenters. The van der Waals surface area contributed by atoms with Gasteiger partial charge in [0.05, 0.1) is 0 Å². The SMILES string of the molecule is CCc1ccc(Sc2ccc(Cl)cc2)c(I)c1. The van der Waals surface area contributed by atoms with Crippen LogP contribution in [0, 0.1) is 3.57 Å². The van der Waals surface area contributed by atoms with Gasteiger partial charge in [-0.25, -0.2) is 0 Å². The highest BCUT2D eigenvalue weighted by molar-refractivity contribution is 14.1. The van der Waals surface area contributed by atoms with Crippen LogP contribution in [0.3, 0.4) is 0 Å². The third-order valence-corrected chi connectivity index (χ3v) is 5.04. The number of hydrogen-bond acceptors (Lipinski definition) is 1. The molecular formula is C14H12ClIS. The van der Waals surface area contributed by atoms with E-state index in [1.807, 2.05) is 12.1 Å². The first-order valence-corrected chi connectivity index (χ1v) is 7.68. The minimum absolute atomic E-state index is 0.783. The molecule has 0 saturated heterocycles. The Hall–Kier alpha value is -0.190. The fourth-order valence-electron chi connectivity index (χ4n) is 1.48. The molecule has 0 saturated carbocycles. The van der Waals surface area contributed by atoms with Crippen molar-refractivity contribution in [2.45, 2.75) is 23.1 Å². The molecule has 0 fully saturated rings. The second kappa shape index (κ2) is 6.12. The number of hydrogen-bond donors (Lipinski definition) is 0. The van der Waals surface area contributed by atoms with Gasteiger partial charge in [-0.05, 0) is 71.0 Å². The molecule has 0 bridgehead atoms. The number of aryl methyl sites for hydroxylation is 1. The van der Waals surface area contributed by atoms with Gasteiger partial charge in [-0.3, -0.25) is 0 Å². The number of rotatable bonds is 3. The first kappa shape index (κ1) is 13.2. The Morgan fingerprint density at radius 1 is 1.12 bits per heavy atom. The second-order valence-electron chi connectivity index (χ2n) is 3.67. The molecule has 88 valence electrons. The second-order valence-corrected chi connectivity index (χ2v) is 6.39.